The molecule has 1 unspecified atom stereocenters. The van der Waals surface area contributed by atoms with Crippen LogP contribution in [0, 0.1) is 5.82 Å². The molecule has 1 N–H and O–H groups in total. The lowest BCUT2D eigenvalue weighted by Gasteiger charge is -2.30. The Morgan fingerprint density at radius 1 is 1.44 bits per heavy atom. The van der Waals surface area contributed by atoms with Crippen LogP contribution >= 0.6 is 0 Å². The number of benzene rings is 1. The first-order valence-electron chi connectivity index (χ1n) is 5.47. The highest BCUT2D eigenvalue weighted by atomic mass is 19.1. The number of methoxy groups -OCH3 is 1. The molecule has 0 radical (unpaired) electrons. The van der Waals surface area contributed by atoms with E-state index in [4.69, 9.17) is 4.74 Å². The van der Waals surface area contributed by atoms with Crippen LogP contribution in [0.4, 0.5) is 10.1 Å². The number of rotatable bonds is 2. The third-order valence-electron chi connectivity index (χ3n) is 2.76. The zero-order valence-corrected chi connectivity index (χ0v) is 10.1. The number of hydrogen-bond donors (Lipinski definition) is 1. The highest BCUT2D eigenvalue weighted by molar-refractivity contribution is 6.06. The summed E-state index contributed by atoms with van der Waals surface area (Å²) >= 11 is 0. The van der Waals surface area contributed by atoms with Crippen molar-refractivity contribution in [3.05, 3.63) is 24.0 Å². The van der Waals surface area contributed by atoms with Gasteiger partial charge >= 0.3 is 0 Å². The Hall–Kier alpha value is -2.11. The van der Waals surface area contributed by atoms with Crippen molar-refractivity contribution in [3.63, 3.8) is 0 Å². The van der Waals surface area contributed by atoms with Crippen molar-refractivity contribution < 1.29 is 18.7 Å². The predicted octanol–water partition coefficient (Wildman–Crippen LogP) is 0.686. The summed E-state index contributed by atoms with van der Waals surface area (Å²) in [5.74, 6) is -0.948. The van der Waals surface area contributed by atoms with Gasteiger partial charge in [-0.05, 0) is 19.1 Å². The summed E-state index contributed by atoms with van der Waals surface area (Å²) < 4.78 is 18.1. The maximum absolute atomic E-state index is 13.3. The number of hydrogen-bond acceptors (Lipinski definition) is 3. The smallest absolute Gasteiger partial charge is 0.249 e. The number of carbonyl (C=O) groups is 2. The van der Waals surface area contributed by atoms with Gasteiger partial charge in [-0.2, -0.15) is 0 Å². The van der Waals surface area contributed by atoms with Crippen LogP contribution in [0.3, 0.4) is 0 Å². The van der Waals surface area contributed by atoms with Crippen LogP contribution in [0.2, 0.25) is 0 Å². The van der Waals surface area contributed by atoms with Crippen molar-refractivity contribution in [2.24, 2.45) is 0 Å². The molecule has 1 atom stereocenters. The molecule has 0 spiro atoms. The van der Waals surface area contributed by atoms with Crippen LogP contribution in [0.25, 0.3) is 0 Å². The third kappa shape index (κ3) is 2.13. The molecule has 18 heavy (non-hydrogen) atoms. The van der Waals surface area contributed by atoms with E-state index in [1.54, 1.807) is 6.92 Å². The molecule has 0 saturated carbocycles. The van der Waals surface area contributed by atoms with E-state index in [1.165, 1.54) is 30.2 Å². The minimum atomic E-state index is -0.581. The summed E-state index contributed by atoms with van der Waals surface area (Å²) in [5, 5.41) is 2.53. The molecule has 1 aromatic rings. The topological polar surface area (TPSA) is 58.6 Å². The highest BCUT2D eigenvalue weighted by Crippen LogP contribution is 2.25. The van der Waals surface area contributed by atoms with Crippen LogP contribution < -0.4 is 15.0 Å². The van der Waals surface area contributed by atoms with E-state index >= 15 is 0 Å². The molecule has 1 aliphatic heterocycles. The normalized spacial score (nSPS) is 19.7. The summed E-state index contributed by atoms with van der Waals surface area (Å²) in [6, 6.07) is 3.47. The lowest BCUT2D eigenvalue weighted by molar-refractivity contribution is -0.130. The summed E-state index contributed by atoms with van der Waals surface area (Å²) in [6.07, 6.45) is 0. The minimum absolute atomic E-state index is 0.0407. The molecule has 6 heteroatoms. The second kappa shape index (κ2) is 4.64. The van der Waals surface area contributed by atoms with Gasteiger partial charge in [-0.15, -0.1) is 0 Å². The molecule has 0 bridgehead atoms. The van der Waals surface area contributed by atoms with Gasteiger partial charge in [0.1, 0.15) is 12.6 Å². The van der Waals surface area contributed by atoms with E-state index in [9.17, 15) is 14.0 Å². The van der Waals surface area contributed by atoms with Crippen molar-refractivity contribution in [2.45, 2.75) is 13.0 Å². The average molecular weight is 252 g/mol. The van der Waals surface area contributed by atoms with Crippen LogP contribution in [0.1, 0.15) is 6.92 Å². The van der Waals surface area contributed by atoms with Crippen molar-refractivity contribution in [3.8, 4) is 5.75 Å². The fourth-order valence-corrected chi connectivity index (χ4v) is 1.84. The summed E-state index contributed by atoms with van der Waals surface area (Å²) in [4.78, 5) is 24.7. The van der Waals surface area contributed by atoms with Gasteiger partial charge in [0.05, 0.1) is 7.11 Å². The molecule has 1 aliphatic rings. The molecule has 0 aromatic heterocycles. The Morgan fingerprint density at radius 2 is 2.17 bits per heavy atom. The number of carbonyl (C=O) groups excluding carboxylic acids is 2. The fourth-order valence-electron chi connectivity index (χ4n) is 1.84. The van der Waals surface area contributed by atoms with Gasteiger partial charge in [0.2, 0.25) is 11.8 Å². The molecule has 1 aromatic carbocycles. The Bertz CT molecular complexity index is 504. The molecule has 0 aliphatic carbocycles. The monoisotopic (exact) mass is 252 g/mol. The first-order valence-corrected chi connectivity index (χ1v) is 5.47. The summed E-state index contributed by atoms with van der Waals surface area (Å²) in [7, 11) is 1.34. The quantitative estimate of drug-likeness (QED) is 0.842. The summed E-state index contributed by atoms with van der Waals surface area (Å²) in [6.45, 7) is 1.53. The number of ether oxygens (including phenoxy) is 1. The highest BCUT2D eigenvalue weighted by Gasteiger charge is 2.30. The van der Waals surface area contributed by atoms with Crippen molar-refractivity contribution >= 4 is 17.5 Å². The lowest BCUT2D eigenvalue weighted by Crippen LogP contribution is -2.57. The van der Waals surface area contributed by atoms with Crippen LogP contribution in [0.5, 0.6) is 5.75 Å². The number of piperazine rings is 1. The second-order valence-electron chi connectivity index (χ2n) is 4.03. The number of halogens is 1. The van der Waals surface area contributed by atoms with Gasteiger partial charge in [0.25, 0.3) is 0 Å². The van der Waals surface area contributed by atoms with Gasteiger partial charge in [-0.1, -0.05) is 0 Å². The van der Waals surface area contributed by atoms with Crippen LogP contribution in [0.15, 0.2) is 18.2 Å². The molecule has 96 valence electrons. The second-order valence-corrected chi connectivity index (χ2v) is 4.03. The van der Waals surface area contributed by atoms with Crippen molar-refractivity contribution in [1.29, 1.82) is 0 Å². The van der Waals surface area contributed by atoms with E-state index in [2.05, 4.69) is 5.32 Å². The molecule has 2 amide bonds. The molecule has 5 nitrogen and oxygen atoms in total. The maximum Gasteiger partial charge on any atom is 0.249 e. The Labute approximate surface area is 104 Å². The van der Waals surface area contributed by atoms with E-state index in [-0.39, 0.29) is 24.1 Å². The van der Waals surface area contributed by atoms with E-state index < -0.39 is 11.9 Å². The van der Waals surface area contributed by atoms with Crippen molar-refractivity contribution in [1.82, 2.24) is 5.32 Å². The average Bonchev–Trinajstić information content (AvgIpc) is 2.34. The van der Waals surface area contributed by atoms with Crippen molar-refractivity contribution in [2.75, 3.05) is 18.6 Å². The SMILES string of the molecule is COc1cc(N2CC(=O)NC(C)C2=O)ccc1F. The standard InChI is InChI=1S/C12H13FN2O3/c1-7-12(17)15(6-11(16)14-7)8-3-4-9(13)10(5-8)18-2/h3-5,7H,6H2,1-2H3,(H,14,16). The van der Waals surface area contributed by atoms with E-state index in [0.29, 0.717) is 5.69 Å². The number of anilines is 1. The van der Waals surface area contributed by atoms with Crippen LogP contribution in [-0.2, 0) is 9.59 Å². The predicted molar refractivity (Wildman–Crippen MR) is 62.9 cm³/mol. The van der Waals surface area contributed by atoms with E-state index in [1.807, 2.05) is 0 Å². The van der Waals surface area contributed by atoms with Gasteiger partial charge in [0, 0.05) is 11.8 Å². The first kappa shape index (κ1) is 12.3. The van der Waals surface area contributed by atoms with E-state index in [0.717, 1.165) is 0 Å². The maximum atomic E-state index is 13.3. The van der Waals surface area contributed by atoms with Gasteiger partial charge in [-0.25, -0.2) is 4.39 Å². The number of nitrogens with one attached hydrogen (secondary N) is 1. The molecular formula is C12H13FN2O3. The number of amides is 2. The zero-order valence-electron chi connectivity index (χ0n) is 10.1. The zero-order chi connectivity index (χ0) is 13.3. The molecule has 1 heterocycles. The fraction of sp³-hybridized carbons (Fsp3) is 0.333. The van der Waals surface area contributed by atoms with Gasteiger partial charge in [-0.3, -0.25) is 9.59 Å². The Balaban J connectivity index is 2.35. The molecular weight excluding hydrogens is 239 g/mol. The molecule has 1 saturated heterocycles. The minimum Gasteiger partial charge on any atom is -0.494 e. The van der Waals surface area contributed by atoms with Gasteiger partial charge < -0.3 is 15.0 Å². The van der Waals surface area contributed by atoms with Crippen LogP contribution in [-0.4, -0.2) is 31.5 Å². The lowest BCUT2D eigenvalue weighted by atomic mass is 10.1. The summed E-state index contributed by atoms with van der Waals surface area (Å²) in [5.41, 5.74) is 0.444. The Kier molecular flexibility index (Phi) is 3.18. The first-order chi connectivity index (χ1) is 8.52. The molecule has 2 rings (SSSR count). The third-order valence-corrected chi connectivity index (χ3v) is 2.76. The Morgan fingerprint density at radius 3 is 2.83 bits per heavy atom. The van der Waals surface area contributed by atoms with Gasteiger partial charge in [0.15, 0.2) is 11.6 Å². The number of nitrogens with zero attached hydrogens (tertiary/aromatic N) is 1. The molecule has 1 fully saturated rings. The largest absolute Gasteiger partial charge is 0.494 e.